The van der Waals surface area contributed by atoms with Crippen molar-refractivity contribution >= 4 is 32.9 Å². The quantitative estimate of drug-likeness (QED) is 0.549. The first-order chi connectivity index (χ1) is 10.6. The molecule has 2 atom stereocenters. The van der Waals surface area contributed by atoms with Crippen molar-refractivity contribution in [2.45, 2.75) is 43.9 Å². The van der Waals surface area contributed by atoms with Crippen LogP contribution in [0.2, 0.25) is 0 Å². The standard InChI is InChI=1S/C14H16BrF4NO3S/c1-12(2,3)24(23)20-13(4,14(18,19)11(21)22)7-5-8(15)10(17)6-9(7)16/h5-6,20H,1-4H3,(H,21,22). The molecule has 4 nitrogen and oxygen atoms in total. The molecular formula is C14H16BrF4NO3S. The molecule has 0 heterocycles. The van der Waals surface area contributed by atoms with Crippen LogP contribution < -0.4 is 4.72 Å². The molecular weight excluding hydrogens is 418 g/mol. The van der Waals surface area contributed by atoms with Crippen molar-refractivity contribution in [2.75, 3.05) is 0 Å². The monoisotopic (exact) mass is 433 g/mol. The molecule has 1 rings (SSSR count). The first-order valence-corrected chi connectivity index (χ1v) is 8.55. The van der Waals surface area contributed by atoms with Crippen LogP contribution in [0, 0.1) is 11.6 Å². The number of benzene rings is 1. The van der Waals surface area contributed by atoms with Gasteiger partial charge in [0.05, 0.1) is 20.2 Å². The molecule has 0 aliphatic rings. The van der Waals surface area contributed by atoms with Crippen LogP contribution in [0.1, 0.15) is 33.3 Å². The van der Waals surface area contributed by atoms with Gasteiger partial charge in [0.2, 0.25) is 0 Å². The molecule has 0 saturated carbocycles. The molecule has 0 aliphatic carbocycles. The van der Waals surface area contributed by atoms with E-state index in [4.69, 9.17) is 5.11 Å². The highest BCUT2D eigenvalue weighted by atomic mass is 79.9. The van der Waals surface area contributed by atoms with Gasteiger partial charge in [-0.05, 0) is 49.7 Å². The van der Waals surface area contributed by atoms with E-state index in [0.717, 1.165) is 0 Å². The highest BCUT2D eigenvalue weighted by Crippen LogP contribution is 2.41. The van der Waals surface area contributed by atoms with Crippen LogP contribution in [-0.4, -0.2) is 26.0 Å². The highest BCUT2D eigenvalue weighted by Gasteiger charge is 2.60. The molecule has 10 heteroatoms. The van der Waals surface area contributed by atoms with Crippen molar-refractivity contribution < 1.29 is 31.7 Å². The van der Waals surface area contributed by atoms with Crippen molar-refractivity contribution in [3.63, 3.8) is 0 Å². The van der Waals surface area contributed by atoms with Crippen molar-refractivity contribution in [2.24, 2.45) is 0 Å². The van der Waals surface area contributed by atoms with Crippen LogP contribution in [0.3, 0.4) is 0 Å². The van der Waals surface area contributed by atoms with E-state index in [1.807, 2.05) is 4.72 Å². The Morgan fingerprint density at radius 2 is 1.67 bits per heavy atom. The maximum atomic E-state index is 14.4. The average molecular weight is 434 g/mol. The summed E-state index contributed by atoms with van der Waals surface area (Å²) >= 11 is 2.74. The Kier molecular flexibility index (Phi) is 5.89. The lowest BCUT2D eigenvalue weighted by molar-refractivity contribution is -0.177. The van der Waals surface area contributed by atoms with Gasteiger partial charge in [-0.3, -0.25) is 0 Å². The molecule has 2 unspecified atom stereocenters. The van der Waals surface area contributed by atoms with Gasteiger partial charge >= 0.3 is 11.9 Å². The Hall–Kier alpha value is -1.00. The zero-order valence-electron chi connectivity index (χ0n) is 13.2. The maximum absolute atomic E-state index is 14.4. The summed E-state index contributed by atoms with van der Waals surface area (Å²) < 4.78 is 69.2. The minimum Gasteiger partial charge on any atom is -0.477 e. The minimum absolute atomic E-state index is 0.338. The third-order valence-corrected chi connectivity index (χ3v) is 5.61. The van der Waals surface area contributed by atoms with E-state index in [9.17, 15) is 26.6 Å². The largest absolute Gasteiger partial charge is 0.477 e. The molecule has 0 aromatic heterocycles. The third kappa shape index (κ3) is 3.80. The second kappa shape index (κ2) is 6.72. The van der Waals surface area contributed by atoms with E-state index >= 15 is 0 Å². The van der Waals surface area contributed by atoms with Crippen molar-refractivity contribution in [3.8, 4) is 0 Å². The molecule has 0 saturated heterocycles. The summed E-state index contributed by atoms with van der Waals surface area (Å²) in [6.45, 7) is 5.10. The number of halogens is 5. The third-order valence-electron chi connectivity index (χ3n) is 3.30. The fourth-order valence-electron chi connectivity index (χ4n) is 1.75. The number of aliphatic carboxylic acids is 1. The number of carboxylic acid groups (broad SMARTS) is 1. The summed E-state index contributed by atoms with van der Waals surface area (Å²) in [6.07, 6.45) is 0. The zero-order chi connectivity index (χ0) is 19.1. The lowest BCUT2D eigenvalue weighted by Crippen LogP contribution is -2.60. The Bertz CT molecular complexity index is 693. The Morgan fingerprint density at radius 1 is 1.17 bits per heavy atom. The average Bonchev–Trinajstić information content (AvgIpc) is 2.41. The van der Waals surface area contributed by atoms with Gasteiger partial charge in [-0.1, -0.05) is 0 Å². The number of rotatable bonds is 5. The molecule has 0 radical (unpaired) electrons. The van der Waals surface area contributed by atoms with E-state index in [2.05, 4.69) is 15.9 Å². The fraction of sp³-hybridized carbons (Fsp3) is 0.500. The molecule has 136 valence electrons. The van der Waals surface area contributed by atoms with Gasteiger partial charge in [0.1, 0.15) is 17.2 Å². The Balaban J connectivity index is 3.65. The number of hydrogen-bond acceptors (Lipinski definition) is 2. The van der Waals surface area contributed by atoms with Crippen LogP contribution in [0.5, 0.6) is 0 Å². The van der Waals surface area contributed by atoms with E-state index in [0.29, 0.717) is 19.1 Å². The molecule has 1 aromatic rings. The van der Waals surface area contributed by atoms with Gasteiger partial charge in [0.15, 0.2) is 0 Å². The lowest BCUT2D eigenvalue weighted by Gasteiger charge is -2.37. The number of carbonyl (C=O) groups is 1. The van der Waals surface area contributed by atoms with Gasteiger partial charge in [0, 0.05) is 11.6 Å². The topological polar surface area (TPSA) is 66.4 Å². The smallest absolute Gasteiger partial charge is 0.377 e. The number of alkyl halides is 2. The van der Waals surface area contributed by atoms with Gasteiger partial charge in [-0.2, -0.15) is 8.78 Å². The SMILES string of the molecule is CC(C)(C)S(=O)NC(C)(c1cc(Br)c(F)cc1F)C(F)(F)C(=O)O. The molecule has 0 fully saturated rings. The second-order valence-electron chi connectivity index (χ2n) is 6.23. The molecule has 0 aliphatic heterocycles. The van der Waals surface area contributed by atoms with Gasteiger partial charge < -0.3 is 5.11 Å². The first-order valence-electron chi connectivity index (χ1n) is 6.60. The predicted octanol–water partition coefficient (Wildman–Crippen LogP) is 3.71. The second-order valence-corrected chi connectivity index (χ2v) is 9.05. The van der Waals surface area contributed by atoms with Crippen LogP contribution in [0.25, 0.3) is 0 Å². The van der Waals surface area contributed by atoms with Crippen molar-refractivity contribution in [1.29, 1.82) is 0 Å². The van der Waals surface area contributed by atoms with Crippen LogP contribution >= 0.6 is 15.9 Å². The maximum Gasteiger partial charge on any atom is 0.377 e. The summed E-state index contributed by atoms with van der Waals surface area (Å²) in [5, 5.41) is 8.87. The lowest BCUT2D eigenvalue weighted by atomic mass is 9.86. The van der Waals surface area contributed by atoms with Crippen LogP contribution in [-0.2, 0) is 21.3 Å². The fourth-order valence-corrected chi connectivity index (χ4v) is 3.00. The first kappa shape index (κ1) is 21.0. The van der Waals surface area contributed by atoms with E-state index in [-0.39, 0.29) is 4.47 Å². The predicted molar refractivity (Wildman–Crippen MR) is 85.0 cm³/mol. The molecule has 1 aromatic carbocycles. The van der Waals surface area contributed by atoms with Gasteiger partial charge in [-0.15, -0.1) is 0 Å². The number of hydrogen-bond donors (Lipinski definition) is 2. The van der Waals surface area contributed by atoms with Crippen molar-refractivity contribution in [3.05, 3.63) is 33.8 Å². The summed E-state index contributed by atoms with van der Waals surface area (Å²) in [7, 11) is -2.16. The van der Waals surface area contributed by atoms with E-state index < -0.39 is 50.4 Å². The summed E-state index contributed by atoms with van der Waals surface area (Å²) in [4.78, 5) is 11.0. The molecule has 0 bridgehead atoms. The van der Waals surface area contributed by atoms with Gasteiger partial charge in [0.25, 0.3) is 0 Å². The Morgan fingerprint density at radius 3 is 2.08 bits per heavy atom. The normalized spacial score (nSPS) is 16.5. The highest BCUT2D eigenvalue weighted by molar-refractivity contribution is 9.10. The Labute approximate surface area is 147 Å². The van der Waals surface area contributed by atoms with Gasteiger partial charge in [-0.25, -0.2) is 22.5 Å². The van der Waals surface area contributed by atoms with Crippen molar-refractivity contribution in [1.82, 2.24) is 4.72 Å². The minimum atomic E-state index is -4.54. The molecule has 2 N–H and O–H groups in total. The summed E-state index contributed by atoms with van der Waals surface area (Å²) in [5.74, 6) is -9.51. The molecule has 24 heavy (non-hydrogen) atoms. The van der Waals surface area contributed by atoms with Crippen LogP contribution in [0.4, 0.5) is 17.6 Å². The molecule has 0 spiro atoms. The number of nitrogens with one attached hydrogen (secondary N) is 1. The summed E-state index contributed by atoms with van der Waals surface area (Å²) in [6, 6.07) is 1.05. The zero-order valence-corrected chi connectivity index (χ0v) is 15.6. The summed E-state index contributed by atoms with van der Waals surface area (Å²) in [5.41, 5.74) is -3.72. The van der Waals surface area contributed by atoms with E-state index in [1.165, 1.54) is 20.8 Å². The number of carboxylic acids is 1. The van der Waals surface area contributed by atoms with Crippen LogP contribution in [0.15, 0.2) is 16.6 Å². The molecule has 0 amide bonds. The van der Waals surface area contributed by atoms with E-state index in [1.54, 1.807) is 0 Å².